The lowest BCUT2D eigenvalue weighted by Gasteiger charge is -2.43. The Morgan fingerprint density at radius 1 is 1.32 bits per heavy atom. The van der Waals surface area contributed by atoms with E-state index in [1.54, 1.807) is 0 Å². The van der Waals surface area contributed by atoms with Crippen LogP contribution in [0.2, 0.25) is 0 Å². The molecule has 3 heteroatoms. The van der Waals surface area contributed by atoms with Crippen LogP contribution in [-0.4, -0.2) is 31.6 Å². The number of likely N-dealkylation sites (N-methyl/N-ethyl adjacent to an activating group) is 2. The third-order valence-corrected chi connectivity index (χ3v) is 5.45. The van der Waals surface area contributed by atoms with E-state index in [0.29, 0.717) is 6.04 Å². The SMILES string of the molecule is CCC(C)(C(NC)c1cccc2ccsc12)N(C)C. The Labute approximate surface area is 120 Å². The normalized spacial score (nSPS) is 16.7. The Morgan fingerprint density at radius 3 is 2.63 bits per heavy atom. The molecule has 104 valence electrons. The van der Waals surface area contributed by atoms with E-state index in [2.05, 4.69) is 74.9 Å². The molecule has 0 amide bonds. The van der Waals surface area contributed by atoms with Crippen LogP contribution in [0.15, 0.2) is 29.6 Å². The van der Waals surface area contributed by atoms with E-state index < -0.39 is 0 Å². The summed E-state index contributed by atoms with van der Waals surface area (Å²) in [5, 5.41) is 7.07. The molecule has 2 aromatic rings. The molecule has 0 saturated carbocycles. The van der Waals surface area contributed by atoms with Crippen molar-refractivity contribution in [2.75, 3.05) is 21.1 Å². The van der Waals surface area contributed by atoms with Crippen LogP contribution in [0, 0.1) is 0 Å². The van der Waals surface area contributed by atoms with Crippen LogP contribution in [0.1, 0.15) is 31.9 Å². The minimum atomic E-state index is 0.104. The molecule has 1 heterocycles. The summed E-state index contributed by atoms with van der Waals surface area (Å²) in [5.74, 6) is 0. The van der Waals surface area contributed by atoms with E-state index in [9.17, 15) is 0 Å². The van der Waals surface area contributed by atoms with Crippen molar-refractivity contribution >= 4 is 21.4 Å². The standard InChI is InChI=1S/C16H24N2S/c1-6-16(2,18(4)5)15(17-3)13-9-7-8-12-10-11-19-14(12)13/h7-11,15,17H,6H2,1-5H3. The van der Waals surface area contributed by atoms with Gasteiger partial charge in [0.15, 0.2) is 0 Å². The molecule has 1 aromatic carbocycles. The van der Waals surface area contributed by atoms with Gasteiger partial charge in [-0.05, 0) is 56.9 Å². The van der Waals surface area contributed by atoms with Crippen LogP contribution in [0.25, 0.3) is 10.1 Å². The molecular formula is C16H24N2S. The van der Waals surface area contributed by atoms with E-state index in [1.807, 2.05) is 11.3 Å². The molecule has 0 spiro atoms. The maximum atomic E-state index is 3.54. The lowest BCUT2D eigenvalue weighted by atomic mass is 9.83. The van der Waals surface area contributed by atoms with E-state index in [1.165, 1.54) is 15.6 Å². The zero-order valence-corrected chi connectivity index (χ0v) is 13.3. The van der Waals surface area contributed by atoms with Gasteiger partial charge in [0.1, 0.15) is 0 Å². The fourth-order valence-electron chi connectivity index (χ4n) is 2.82. The monoisotopic (exact) mass is 276 g/mol. The molecule has 1 N–H and O–H groups in total. The van der Waals surface area contributed by atoms with Crippen LogP contribution in [0.4, 0.5) is 0 Å². The number of benzene rings is 1. The van der Waals surface area contributed by atoms with Crippen molar-refractivity contribution in [3.8, 4) is 0 Å². The van der Waals surface area contributed by atoms with Crippen molar-refractivity contribution in [1.82, 2.24) is 10.2 Å². The molecule has 0 aliphatic rings. The summed E-state index contributed by atoms with van der Waals surface area (Å²) in [6, 6.07) is 9.16. The van der Waals surface area contributed by atoms with Crippen molar-refractivity contribution < 1.29 is 0 Å². The molecule has 1 aromatic heterocycles. The first kappa shape index (κ1) is 14.5. The minimum Gasteiger partial charge on any atom is -0.311 e. The van der Waals surface area contributed by atoms with Gasteiger partial charge >= 0.3 is 0 Å². The van der Waals surface area contributed by atoms with Crippen molar-refractivity contribution in [2.45, 2.75) is 31.8 Å². The summed E-state index contributed by atoms with van der Waals surface area (Å²) in [4.78, 5) is 2.33. The first-order chi connectivity index (χ1) is 9.04. The van der Waals surface area contributed by atoms with Crippen LogP contribution in [0.3, 0.4) is 0 Å². The van der Waals surface area contributed by atoms with E-state index in [-0.39, 0.29) is 5.54 Å². The lowest BCUT2D eigenvalue weighted by Crippen LogP contribution is -2.50. The topological polar surface area (TPSA) is 15.3 Å². The van der Waals surface area contributed by atoms with Gasteiger partial charge in [-0.2, -0.15) is 0 Å². The maximum Gasteiger partial charge on any atom is 0.0516 e. The summed E-state index contributed by atoms with van der Waals surface area (Å²) < 4.78 is 1.41. The molecule has 2 atom stereocenters. The number of hydrogen-bond donors (Lipinski definition) is 1. The van der Waals surface area contributed by atoms with Gasteiger partial charge in [0.25, 0.3) is 0 Å². The molecule has 19 heavy (non-hydrogen) atoms. The molecule has 0 saturated heterocycles. The van der Waals surface area contributed by atoms with Crippen LogP contribution >= 0.6 is 11.3 Å². The first-order valence-corrected chi connectivity index (χ1v) is 7.73. The zero-order valence-electron chi connectivity index (χ0n) is 12.5. The van der Waals surface area contributed by atoms with E-state index >= 15 is 0 Å². The van der Waals surface area contributed by atoms with Crippen LogP contribution in [0.5, 0.6) is 0 Å². The van der Waals surface area contributed by atoms with Gasteiger partial charge in [-0.3, -0.25) is 0 Å². The Kier molecular flexibility index (Phi) is 4.29. The number of nitrogens with one attached hydrogen (secondary N) is 1. The number of rotatable bonds is 5. The van der Waals surface area contributed by atoms with Gasteiger partial charge in [-0.15, -0.1) is 11.3 Å². The van der Waals surface area contributed by atoms with Gasteiger partial charge in [0.2, 0.25) is 0 Å². The largest absolute Gasteiger partial charge is 0.311 e. The second-order valence-corrected chi connectivity index (χ2v) is 6.43. The first-order valence-electron chi connectivity index (χ1n) is 6.85. The minimum absolute atomic E-state index is 0.104. The lowest BCUT2D eigenvalue weighted by molar-refractivity contribution is 0.117. The van der Waals surface area contributed by atoms with Gasteiger partial charge in [0, 0.05) is 10.2 Å². The molecule has 2 unspecified atom stereocenters. The highest BCUT2D eigenvalue weighted by atomic mass is 32.1. The van der Waals surface area contributed by atoms with Crippen molar-refractivity contribution in [1.29, 1.82) is 0 Å². The number of hydrogen-bond acceptors (Lipinski definition) is 3. The summed E-state index contributed by atoms with van der Waals surface area (Å²) in [5.41, 5.74) is 1.51. The average Bonchev–Trinajstić information content (AvgIpc) is 2.88. The molecule has 0 fully saturated rings. The fraction of sp³-hybridized carbons (Fsp3) is 0.500. The predicted octanol–water partition coefficient (Wildman–Crippen LogP) is 3.89. The summed E-state index contributed by atoms with van der Waals surface area (Å²) >= 11 is 1.84. The third-order valence-electron chi connectivity index (χ3n) is 4.47. The smallest absolute Gasteiger partial charge is 0.0516 e. The van der Waals surface area contributed by atoms with Crippen molar-refractivity contribution in [3.05, 3.63) is 35.2 Å². The second kappa shape index (κ2) is 5.61. The highest BCUT2D eigenvalue weighted by Crippen LogP contribution is 2.37. The Balaban J connectivity index is 2.55. The molecule has 0 bridgehead atoms. The molecule has 0 aliphatic carbocycles. The molecule has 0 aliphatic heterocycles. The number of thiophene rings is 1. The second-order valence-electron chi connectivity index (χ2n) is 5.51. The van der Waals surface area contributed by atoms with Gasteiger partial charge in [-0.25, -0.2) is 0 Å². The summed E-state index contributed by atoms with van der Waals surface area (Å²) in [6.07, 6.45) is 1.10. The summed E-state index contributed by atoms with van der Waals surface area (Å²) in [6.45, 7) is 4.60. The fourth-order valence-corrected chi connectivity index (χ4v) is 3.77. The molecular weight excluding hydrogens is 252 g/mol. The van der Waals surface area contributed by atoms with Gasteiger partial charge < -0.3 is 10.2 Å². The Hall–Kier alpha value is -0.900. The van der Waals surface area contributed by atoms with Crippen LogP contribution < -0.4 is 5.32 Å². The number of nitrogens with zero attached hydrogens (tertiary/aromatic N) is 1. The van der Waals surface area contributed by atoms with Crippen molar-refractivity contribution in [3.63, 3.8) is 0 Å². The predicted molar refractivity (Wildman–Crippen MR) is 86.0 cm³/mol. The molecule has 0 radical (unpaired) electrons. The average molecular weight is 276 g/mol. The van der Waals surface area contributed by atoms with Gasteiger partial charge in [0.05, 0.1) is 6.04 Å². The van der Waals surface area contributed by atoms with Gasteiger partial charge in [-0.1, -0.05) is 25.1 Å². The molecule has 2 rings (SSSR count). The molecule has 2 nitrogen and oxygen atoms in total. The highest BCUT2D eigenvalue weighted by Gasteiger charge is 2.35. The van der Waals surface area contributed by atoms with Crippen LogP contribution in [-0.2, 0) is 0 Å². The Morgan fingerprint density at radius 2 is 2.05 bits per heavy atom. The zero-order chi connectivity index (χ0) is 14.0. The van der Waals surface area contributed by atoms with Crippen molar-refractivity contribution in [2.24, 2.45) is 0 Å². The van der Waals surface area contributed by atoms with E-state index in [4.69, 9.17) is 0 Å². The van der Waals surface area contributed by atoms with E-state index in [0.717, 1.165) is 6.42 Å². The number of fused-ring (bicyclic) bond motifs is 1. The maximum absolute atomic E-state index is 3.54. The Bertz CT molecular complexity index is 546. The third kappa shape index (κ3) is 2.42. The highest BCUT2D eigenvalue weighted by molar-refractivity contribution is 7.17. The quantitative estimate of drug-likeness (QED) is 0.891. The summed E-state index contributed by atoms with van der Waals surface area (Å²) in [7, 11) is 6.40.